The van der Waals surface area contributed by atoms with Gasteiger partial charge in [0.25, 0.3) is 0 Å². The minimum absolute atomic E-state index is 0.0430. The van der Waals surface area contributed by atoms with Gasteiger partial charge in [0, 0.05) is 24.3 Å². The van der Waals surface area contributed by atoms with Gasteiger partial charge in [-0.15, -0.1) is 0 Å². The molecule has 108 valence electrons. The highest BCUT2D eigenvalue weighted by molar-refractivity contribution is 7.80. The van der Waals surface area contributed by atoms with Crippen molar-refractivity contribution in [3.8, 4) is 0 Å². The van der Waals surface area contributed by atoms with Crippen LogP contribution in [0.5, 0.6) is 0 Å². The monoisotopic (exact) mass is 294 g/mol. The number of ether oxygens (including phenoxy) is 2. The largest absolute Gasteiger partial charge is 0.389 e. The Morgan fingerprint density at radius 2 is 2.30 bits per heavy atom. The molecule has 1 aliphatic rings. The number of benzene rings is 1. The lowest BCUT2D eigenvalue weighted by Gasteiger charge is -2.25. The standard InChI is InChI=1S/C14H18N2O3S/c15-14(20)10-3-1-4-11(7-10)16-13(17)5-2-6-19-12-8-18-9-12/h1,3-4,7,12H,2,5-6,8-9H2,(H2,15,20)(H,16,17). The Hall–Kier alpha value is -1.50. The minimum atomic E-state index is -0.0430. The molecule has 1 aliphatic heterocycles. The zero-order valence-corrected chi connectivity index (χ0v) is 11.9. The second-order valence-corrected chi connectivity index (χ2v) is 5.07. The van der Waals surface area contributed by atoms with E-state index in [-0.39, 0.29) is 12.0 Å². The molecule has 20 heavy (non-hydrogen) atoms. The predicted octanol–water partition coefficient (Wildman–Crippen LogP) is 1.45. The Kier molecular flexibility index (Phi) is 5.46. The molecule has 0 saturated carbocycles. The molecule has 0 unspecified atom stereocenters. The molecular formula is C14H18N2O3S. The van der Waals surface area contributed by atoms with Gasteiger partial charge in [-0.1, -0.05) is 24.4 Å². The third kappa shape index (κ3) is 4.56. The second-order valence-electron chi connectivity index (χ2n) is 4.63. The van der Waals surface area contributed by atoms with Gasteiger partial charge in [-0.25, -0.2) is 0 Å². The highest BCUT2D eigenvalue weighted by Crippen LogP contribution is 2.11. The van der Waals surface area contributed by atoms with Crippen molar-refractivity contribution in [1.82, 2.24) is 0 Å². The van der Waals surface area contributed by atoms with E-state index >= 15 is 0 Å². The summed E-state index contributed by atoms with van der Waals surface area (Å²) in [4.78, 5) is 12.1. The lowest BCUT2D eigenvalue weighted by molar-refractivity contribution is -0.131. The Balaban J connectivity index is 1.70. The van der Waals surface area contributed by atoms with Gasteiger partial charge >= 0.3 is 0 Å². The molecule has 2 rings (SSSR count). The summed E-state index contributed by atoms with van der Waals surface area (Å²) in [5, 5.41) is 2.82. The lowest BCUT2D eigenvalue weighted by atomic mass is 10.2. The first-order chi connectivity index (χ1) is 9.65. The van der Waals surface area contributed by atoms with Gasteiger partial charge < -0.3 is 20.5 Å². The summed E-state index contributed by atoms with van der Waals surface area (Å²) in [6, 6.07) is 7.20. The van der Waals surface area contributed by atoms with Crippen LogP contribution in [-0.4, -0.2) is 36.8 Å². The molecule has 5 nitrogen and oxygen atoms in total. The van der Waals surface area contributed by atoms with Gasteiger partial charge in [0.1, 0.15) is 11.1 Å². The molecule has 0 spiro atoms. The summed E-state index contributed by atoms with van der Waals surface area (Å²) in [5.41, 5.74) is 6.99. The highest BCUT2D eigenvalue weighted by atomic mass is 32.1. The van der Waals surface area contributed by atoms with Crippen molar-refractivity contribution >= 4 is 28.8 Å². The van der Waals surface area contributed by atoms with Crippen molar-refractivity contribution in [3.63, 3.8) is 0 Å². The van der Waals surface area contributed by atoms with E-state index < -0.39 is 0 Å². The van der Waals surface area contributed by atoms with Crippen LogP contribution in [0.25, 0.3) is 0 Å². The molecular weight excluding hydrogens is 276 g/mol. The van der Waals surface area contributed by atoms with E-state index in [1.165, 1.54) is 0 Å². The van der Waals surface area contributed by atoms with Gasteiger partial charge in [0.15, 0.2) is 0 Å². The van der Waals surface area contributed by atoms with E-state index in [1.807, 2.05) is 18.2 Å². The Morgan fingerprint density at radius 3 is 2.95 bits per heavy atom. The molecule has 1 aromatic carbocycles. The molecule has 0 bridgehead atoms. The molecule has 1 amide bonds. The summed E-state index contributed by atoms with van der Waals surface area (Å²) in [7, 11) is 0. The zero-order chi connectivity index (χ0) is 14.4. The van der Waals surface area contributed by atoms with Crippen molar-refractivity contribution in [3.05, 3.63) is 29.8 Å². The van der Waals surface area contributed by atoms with Crippen LogP contribution in [0.3, 0.4) is 0 Å². The number of thiocarbonyl (C=S) groups is 1. The number of anilines is 1. The topological polar surface area (TPSA) is 73.6 Å². The smallest absolute Gasteiger partial charge is 0.224 e. The molecule has 1 aromatic rings. The van der Waals surface area contributed by atoms with Crippen LogP contribution >= 0.6 is 12.2 Å². The fourth-order valence-electron chi connectivity index (χ4n) is 1.77. The second kappa shape index (κ2) is 7.33. The molecule has 1 heterocycles. The number of hydrogen-bond donors (Lipinski definition) is 2. The maximum absolute atomic E-state index is 11.8. The summed E-state index contributed by atoms with van der Waals surface area (Å²) in [6.45, 7) is 1.91. The van der Waals surface area contributed by atoms with Crippen molar-refractivity contribution in [2.24, 2.45) is 5.73 Å². The van der Waals surface area contributed by atoms with Gasteiger partial charge in [0.2, 0.25) is 5.91 Å². The van der Waals surface area contributed by atoms with E-state index in [0.29, 0.717) is 43.3 Å². The number of carbonyl (C=O) groups excluding carboxylic acids is 1. The number of hydrogen-bond acceptors (Lipinski definition) is 4. The molecule has 0 aromatic heterocycles. The average molecular weight is 294 g/mol. The number of amides is 1. The maximum Gasteiger partial charge on any atom is 0.224 e. The van der Waals surface area contributed by atoms with Crippen LogP contribution in [0.15, 0.2) is 24.3 Å². The quantitative estimate of drug-likeness (QED) is 0.588. The van der Waals surface area contributed by atoms with E-state index in [4.69, 9.17) is 27.4 Å². The van der Waals surface area contributed by atoms with Crippen molar-refractivity contribution in [1.29, 1.82) is 0 Å². The Labute approximate surface area is 123 Å². The summed E-state index contributed by atoms with van der Waals surface area (Å²) < 4.78 is 10.5. The first kappa shape index (κ1) is 14.9. The van der Waals surface area contributed by atoms with Crippen molar-refractivity contribution in [2.75, 3.05) is 25.1 Å². The molecule has 0 radical (unpaired) electrons. The van der Waals surface area contributed by atoms with Gasteiger partial charge in [0.05, 0.1) is 13.2 Å². The SMILES string of the molecule is NC(=S)c1cccc(NC(=O)CCCOC2COC2)c1. The summed E-state index contributed by atoms with van der Waals surface area (Å²) in [6.07, 6.45) is 1.32. The molecule has 6 heteroatoms. The fourth-order valence-corrected chi connectivity index (χ4v) is 1.89. The Bertz CT molecular complexity index is 489. The first-order valence-electron chi connectivity index (χ1n) is 6.54. The van der Waals surface area contributed by atoms with Crippen LogP contribution in [0.1, 0.15) is 18.4 Å². The van der Waals surface area contributed by atoms with E-state index in [1.54, 1.807) is 6.07 Å². The average Bonchev–Trinajstić information content (AvgIpc) is 2.36. The van der Waals surface area contributed by atoms with Crippen molar-refractivity contribution < 1.29 is 14.3 Å². The maximum atomic E-state index is 11.8. The number of nitrogens with one attached hydrogen (secondary N) is 1. The molecule has 1 saturated heterocycles. The lowest BCUT2D eigenvalue weighted by Crippen LogP contribution is -2.36. The first-order valence-corrected chi connectivity index (χ1v) is 6.95. The minimum Gasteiger partial charge on any atom is -0.389 e. The number of nitrogens with two attached hydrogens (primary N) is 1. The number of rotatable bonds is 7. The highest BCUT2D eigenvalue weighted by Gasteiger charge is 2.18. The molecule has 3 N–H and O–H groups in total. The third-order valence-corrected chi connectivity index (χ3v) is 3.18. The van der Waals surface area contributed by atoms with Crippen LogP contribution in [0.4, 0.5) is 5.69 Å². The van der Waals surface area contributed by atoms with Gasteiger partial charge in [-0.2, -0.15) is 0 Å². The Morgan fingerprint density at radius 1 is 1.50 bits per heavy atom. The van der Waals surface area contributed by atoms with E-state index in [2.05, 4.69) is 5.32 Å². The summed E-state index contributed by atoms with van der Waals surface area (Å²) in [5.74, 6) is -0.0430. The fraction of sp³-hybridized carbons (Fsp3) is 0.429. The van der Waals surface area contributed by atoms with Gasteiger partial charge in [-0.3, -0.25) is 4.79 Å². The summed E-state index contributed by atoms with van der Waals surface area (Å²) >= 11 is 4.90. The van der Waals surface area contributed by atoms with E-state index in [9.17, 15) is 4.79 Å². The third-order valence-electron chi connectivity index (χ3n) is 2.94. The van der Waals surface area contributed by atoms with E-state index in [0.717, 1.165) is 5.56 Å². The molecule has 1 fully saturated rings. The van der Waals surface area contributed by atoms with Crippen LogP contribution in [0, 0.1) is 0 Å². The van der Waals surface area contributed by atoms with Crippen LogP contribution in [-0.2, 0) is 14.3 Å². The van der Waals surface area contributed by atoms with Crippen LogP contribution < -0.4 is 11.1 Å². The van der Waals surface area contributed by atoms with Crippen molar-refractivity contribution in [2.45, 2.75) is 18.9 Å². The molecule has 0 aliphatic carbocycles. The van der Waals surface area contributed by atoms with Crippen LogP contribution in [0.2, 0.25) is 0 Å². The zero-order valence-electron chi connectivity index (χ0n) is 11.1. The normalized spacial score (nSPS) is 14.6. The predicted molar refractivity (Wildman–Crippen MR) is 80.8 cm³/mol. The van der Waals surface area contributed by atoms with Gasteiger partial charge in [-0.05, 0) is 18.6 Å². The molecule has 0 atom stereocenters. The number of carbonyl (C=O) groups is 1.